The highest BCUT2D eigenvalue weighted by atomic mass is 19.4. The number of rotatable bonds is 15. The molecular weight excluding hydrogens is 565 g/mol. The predicted octanol–water partition coefficient (Wildman–Crippen LogP) is 4.46. The molecule has 2 aromatic carbocycles. The van der Waals surface area contributed by atoms with Gasteiger partial charge in [0.15, 0.2) is 0 Å². The van der Waals surface area contributed by atoms with Crippen LogP contribution in [0.2, 0.25) is 0 Å². The van der Waals surface area contributed by atoms with Crippen molar-refractivity contribution in [2.45, 2.75) is 32.3 Å². The third-order valence-corrected chi connectivity index (χ3v) is 6.52. The van der Waals surface area contributed by atoms with Gasteiger partial charge >= 0.3 is 6.36 Å². The van der Waals surface area contributed by atoms with Gasteiger partial charge in [-0.3, -0.25) is 9.89 Å². The van der Waals surface area contributed by atoms with E-state index in [1.165, 1.54) is 18.2 Å². The first-order chi connectivity index (χ1) is 20.8. The van der Waals surface area contributed by atoms with Crippen LogP contribution in [0, 0.1) is 0 Å². The van der Waals surface area contributed by atoms with Crippen LogP contribution in [-0.4, -0.2) is 62.6 Å². The van der Waals surface area contributed by atoms with E-state index in [9.17, 15) is 18.0 Å². The second-order valence-electron chi connectivity index (χ2n) is 9.88. The van der Waals surface area contributed by atoms with E-state index in [1.807, 2.05) is 18.2 Å². The first kappa shape index (κ1) is 29.8. The monoisotopic (exact) mass is 596 g/mol. The fourth-order valence-electron chi connectivity index (χ4n) is 4.65. The topological polar surface area (TPSA) is 135 Å². The summed E-state index contributed by atoms with van der Waals surface area (Å²) in [5, 5.41) is 20.9. The van der Waals surface area contributed by atoms with Crippen LogP contribution in [0.5, 0.6) is 5.75 Å². The van der Waals surface area contributed by atoms with Crippen molar-refractivity contribution in [3.05, 3.63) is 89.0 Å². The number of hydrogen-bond acceptors (Lipinski definition) is 8. The molecule has 5 rings (SSSR count). The summed E-state index contributed by atoms with van der Waals surface area (Å²) in [5.74, 6) is -0.239. The lowest BCUT2D eigenvalue weighted by Crippen LogP contribution is -2.19. The van der Waals surface area contributed by atoms with E-state index in [0.717, 1.165) is 35.0 Å². The largest absolute Gasteiger partial charge is 0.573 e. The molecule has 0 saturated heterocycles. The zero-order valence-corrected chi connectivity index (χ0v) is 23.2. The summed E-state index contributed by atoms with van der Waals surface area (Å²) >= 11 is 0. The number of H-pyrrole nitrogens is 2. The summed E-state index contributed by atoms with van der Waals surface area (Å²) in [6, 6.07) is 10.0. The van der Waals surface area contributed by atoms with Crippen molar-refractivity contribution in [3.8, 4) is 16.9 Å². The summed E-state index contributed by atoms with van der Waals surface area (Å²) < 4.78 is 50.2. The minimum atomic E-state index is -4.76. The number of unbranched alkanes of at least 4 members (excludes halogenated alkanes) is 1. The number of aromatic amines is 2. The molecule has 0 spiro atoms. The summed E-state index contributed by atoms with van der Waals surface area (Å²) in [4.78, 5) is 15.7. The van der Waals surface area contributed by atoms with Crippen molar-refractivity contribution in [2.24, 2.45) is 0 Å². The van der Waals surface area contributed by atoms with Crippen LogP contribution in [0.3, 0.4) is 0 Å². The van der Waals surface area contributed by atoms with Crippen LogP contribution in [0.25, 0.3) is 22.0 Å². The van der Waals surface area contributed by atoms with E-state index in [0.29, 0.717) is 56.1 Å². The van der Waals surface area contributed by atoms with E-state index in [1.54, 1.807) is 35.7 Å². The molecule has 0 aliphatic heterocycles. The lowest BCUT2D eigenvalue weighted by molar-refractivity contribution is -0.274. The van der Waals surface area contributed by atoms with Gasteiger partial charge in [0.05, 0.1) is 30.8 Å². The lowest BCUT2D eigenvalue weighted by atomic mass is 10.1. The summed E-state index contributed by atoms with van der Waals surface area (Å²) in [7, 11) is 0. The Morgan fingerprint density at radius 2 is 1.77 bits per heavy atom. The molecule has 5 aromatic rings. The van der Waals surface area contributed by atoms with Gasteiger partial charge in [-0.15, -0.1) is 13.2 Å². The van der Waals surface area contributed by atoms with Gasteiger partial charge in [-0.05, 0) is 60.3 Å². The maximum atomic E-state index is 12.8. The molecule has 226 valence electrons. The molecule has 43 heavy (non-hydrogen) atoms. The number of anilines is 1. The van der Waals surface area contributed by atoms with Crippen LogP contribution in [-0.2, 0) is 17.8 Å². The van der Waals surface area contributed by atoms with Gasteiger partial charge in [-0.2, -0.15) is 10.2 Å². The number of alkyl halides is 3. The van der Waals surface area contributed by atoms with Gasteiger partial charge in [0.25, 0.3) is 5.56 Å². The standard InChI is InChI=1S/C29H31F3N8O3/c30-29(31,32)43-24-10-20(9-21(11-24)18-40-6-4-34-19-40)15-33-3-1-2-7-42-8-5-35-26-12-22(13-27-25(26)17-37-38-27)23-14-28(41)39-36-16-23/h4,6,9-14,16-17,19,33,35H,1-3,5,7-8,15,18H2,(H,37,38)(H,39,41). The average Bonchev–Trinajstić information content (AvgIpc) is 3.65. The lowest BCUT2D eigenvalue weighted by Gasteiger charge is -2.14. The predicted molar refractivity (Wildman–Crippen MR) is 155 cm³/mol. The average molecular weight is 597 g/mol. The van der Waals surface area contributed by atoms with E-state index >= 15 is 0 Å². The molecule has 3 heterocycles. The van der Waals surface area contributed by atoms with Crippen molar-refractivity contribution in [3.63, 3.8) is 0 Å². The number of hydrogen-bond donors (Lipinski definition) is 4. The quantitative estimate of drug-likeness (QED) is 0.130. The van der Waals surface area contributed by atoms with E-state index in [-0.39, 0.29) is 11.3 Å². The first-order valence-electron chi connectivity index (χ1n) is 13.7. The van der Waals surface area contributed by atoms with Crippen LogP contribution in [0.4, 0.5) is 18.9 Å². The number of halogens is 3. The number of imidazole rings is 1. The Morgan fingerprint density at radius 1 is 0.907 bits per heavy atom. The summed E-state index contributed by atoms with van der Waals surface area (Å²) in [6.45, 7) is 3.13. The highest BCUT2D eigenvalue weighted by Crippen LogP contribution is 2.29. The minimum absolute atomic E-state index is 0.239. The Balaban J connectivity index is 1.03. The Kier molecular flexibility index (Phi) is 9.69. The second-order valence-corrected chi connectivity index (χ2v) is 9.88. The molecule has 0 atom stereocenters. The van der Waals surface area contributed by atoms with Gasteiger partial charge < -0.3 is 24.7 Å². The number of fused-ring (bicyclic) bond motifs is 1. The van der Waals surface area contributed by atoms with Crippen molar-refractivity contribution in [1.82, 2.24) is 35.3 Å². The fourth-order valence-corrected chi connectivity index (χ4v) is 4.65. The molecule has 0 radical (unpaired) electrons. The number of nitrogens with one attached hydrogen (secondary N) is 4. The van der Waals surface area contributed by atoms with Crippen LogP contribution in [0.1, 0.15) is 24.0 Å². The minimum Gasteiger partial charge on any atom is -0.406 e. The molecule has 0 unspecified atom stereocenters. The molecule has 0 saturated carbocycles. The number of aromatic nitrogens is 6. The Morgan fingerprint density at radius 3 is 2.58 bits per heavy atom. The smallest absolute Gasteiger partial charge is 0.406 e. The highest BCUT2D eigenvalue weighted by molar-refractivity contribution is 5.95. The maximum Gasteiger partial charge on any atom is 0.573 e. The Hall–Kier alpha value is -4.69. The number of ether oxygens (including phenoxy) is 2. The zero-order chi connectivity index (χ0) is 30.1. The Bertz CT molecular complexity index is 1670. The third kappa shape index (κ3) is 8.90. The molecule has 0 fully saturated rings. The van der Waals surface area contributed by atoms with Crippen LogP contribution in [0.15, 0.2) is 72.3 Å². The van der Waals surface area contributed by atoms with Gasteiger partial charge in [0.1, 0.15) is 5.75 Å². The number of benzene rings is 2. The molecule has 4 N–H and O–H groups in total. The van der Waals surface area contributed by atoms with Gasteiger partial charge in [0.2, 0.25) is 0 Å². The fraction of sp³-hybridized carbons (Fsp3) is 0.310. The van der Waals surface area contributed by atoms with Crippen molar-refractivity contribution >= 4 is 16.6 Å². The number of nitrogens with zero attached hydrogens (tertiary/aromatic N) is 4. The highest BCUT2D eigenvalue weighted by Gasteiger charge is 2.31. The SMILES string of the molecule is O=c1cc(-c2cc(NCCOCCCCNCc3cc(Cn4ccnc4)cc(OC(F)(F)F)c3)c3cn[nH]c3c2)cn[nH]1. The van der Waals surface area contributed by atoms with Crippen molar-refractivity contribution in [2.75, 3.05) is 31.6 Å². The molecule has 0 amide bonds. The maximum absolute atomic E-state index is 12.8. The second kappa shape index (κ2) is 14.0. The third-order valence-electron chi connectivity index (χ3n) is 6.52. The van der Waals surface area contributed by atoms with Crippen molar-refractivity contribution in [1.29, 1.82) is 0 Å². The normalized spacial score (nSPS) is 11.7. The molecule has 0 bridgehead atoms. The molecule has 0 aliphatic carbocycles. The van der Waals surface area contributed by atoms with Crippen molar-refractivity contribution < 1.29 is 22.6 Å². The molecule has 14 heteroatoms. The summed E-state index contributed by atoms with van der Waals surface area (Å²) in [6.07, 6.45) is 5.22. The molecular formula is C29H31F3N8O3. The van der Waals surface area contributed by atoms with Crippen LogP contribution < -0.4 is 20.9 Å². The van der Waals surface area contributed by atoms with Gasteiger partial charge in [0, 0.05) is 61.3 Å². The molecule has 3 aromatic heterocycles. The van der Waals surface area contributed by atoms with Gasteiger partial charge in [-0.25, -0.2) is 10.1 Å². The zero-order valence-electron chi connectivity index (χ0n) is 23.2. The van der Waals surface area contributed by atoms with Gasteiger partial charge in [-0.1, -0.05) is 6.07 Å². The Labute approximate surface area is 244 Å². The van der Waals surface area contributed by atoms with Crippen LogP contribution >= 0.6 is 0 Å². The van der Waals surface area contributed by atoms with E-state index < -0.39 is 6.36 Å². The summed E-state index contributed by atoms with van der Waals surface area (Å²) in [5.41, 5.74) is 4.35. The van der Waals surface area contributed by atoms with E-state index in [4.69, 9.17) is 4.74 Å². The molecule has 0 aliphatic rings. The first-order valence-corrected chi connectivity index (χ1v) is 13.7. The molecule has 11 nitrogen and oxygen atoms in total. The van der Waals surface area contributed by atoms with E-state index in [2.05, 4.69) is 40.7 Å².